The highest BCUT2D eigenvalue weighted by Crippen LogP contribution is 2.36. The van der Waals surface area contributed by atoms with Crippen LogP contribution in [0.5, 0.6) is 5.75 Å². The molecular formula is C28H39NO4S. The summed E-state index contributed by atoms with van der Waals surface area (Å²) in [6.07, 6.45) is 6.58. The average Bonchev–Trinajstić information content (AvgIpc) is 2.81. The fourth-order valence-electron chi connectivity index (χ4n) is 4.14. The van der Waals surface area contributed by atoms with Gasteiger partial charge in [-0.2, -0.15) is 0 Å². The SMILES string of the molecule is CCCCCC(CC(=O)Nc1cc(C(=O)OC)ccc1C(C)(C)C)c1ccc(SC)cc1OC. The Morgan fingerprint density at radius 1 is 1.06 bits per heavy atom. The zero-order valence-electron chi connectivity index (χ0n) is 21.6. The van der Waals surface area contributed by atoms with Gasteiger partial charge in [0.05, 0.1) is 19.8 Å². The van der Waals surface area contributed by atoms with Gasteiger partial charge in [-0.05, 0) is 59.4 Å². The molecule has 0 aromatic heterocycles. The van der Waals surface area contributed by atoms with Crippen molar-refractivity contribution in [2.24, 2.45) is 0 Å². The number of methoxy groups -OCH3 is 2. The first-order valence-electron chi connectivity index (χ1n) is 11.9. The van der Waals surface area contributed by atoms with Crippen LogP contribution in [0.1, 0.15) is 87.2 Å². The maximum atomic E-state index is 13.3. The molecule has 6 heteroatoms. The molecule has 186 valence electrons. The Kier molecular flexibility index (Phi) is 10.5. The van der Waals surface area contributed by atoms with Gasteiger partial charge in [0.2, 0.25) is 5.91 Å². The second-order valence-corrected chi connectivity index (χ2v) is 10.4. The van der Waals surface area contributed by atoms with Crippen LogP contribution in [-0.4, -0.2) is 32.4 Å². The Balaban J connectivity index is 2.35. The predicted octanol–water partition coefficient (Wildman–Crippen LogP) is 7.19. The second kappa shape index (κ2) is 12.8. The molecule has 2 aromatic carbocycles. The van der Waals surface area contributed by atoms with Crippen molar-refractivity contribution in [2.75, 3.05) is 25.8 Å². The van der Waals surface area contributed by atoms with E-state index in [1.165, 1.54) is 7.11 Å². The Hall–Kier alpha value is -2.47. The molecule has 0 aliphatic rings. The van der Waals surface area contributed by atoms with Gasteiger partial charge in [0.25, 0.3) is 0 Å². The van der Waals surface area contributed by atoms with Gasteiger partial charge in [-0.3, -0.25) is 4.79 Å². The summed E-state index contributed by atoms with van der Waals surface area (Å²) in [5.41, 5.74) is 2.90. The molecule has 2 rings (SSSR count). The number of esters is 1. The van der Waals surface area contributed by atoms with Gasteiger partial charge in [-0.1, -0.05) is 59.1 Å². The average molecular weight is 486 g/mol. The standard InChI is InChI=1S/C28H39NO4S/c1-8-9-10-11-19(22-14-13-21(34-7)18-25(22)32-5)17-26(30)29-24-16-20(27(31)33-6)12-15-23(24)28(2,3)4/h12-16,18-19H,8-11,17H2,1-7H3,(H,29,30). The van der Waals surface area contributed by atoms with Gasteiger partial charge < -0.3 is 14.8 Å². The second-order valence-electron chi connectivity index (χ2n) is 9.55. The van der Waals surface area contributed by atoms with Crippen molar-refractivity contribution < 1.29 is 19.1 Å². The zero-order valence-corrected chi connectivity index (χ0v) is 22.4. The first kappa shape index (κ1) is 27.8. The summed E-state index contributed by atoms with van der Waals surface area (Å²) in [7, 11) is 3.04. The minimum Gasteiger partial charge on any atom is -0.496 e. The molecule has 34 heavy (non-hydrogen) atoms. The Morgan fingerprint density at radius 3 is 2.38 bits per heavy atom. The van der Waals surface area contributed by atoms with E-state index in [0.717, 1.165) is 47.5 Å². The quantitative estimate of drug-likeness (QED) is 0.207. The summed E-state index contributed by atoms with van der Waals surface area (Å²) in [5, 5.41) is 3.10. The van der Waals surface area contributed by atoms with Gasteiger partial charge >= 0.3 is 5.97 Å². The molecule has 2 aromatic rings. The number of rotatable bonds is 11. The molecule has 0 bridgehead atoms. The highest BCUT2D eigenvalue weighted by Gasteiger charge is 2.24. The number of benzene rings is 2. The number of unbranched alkanes of at least 4 members (excludes halogenated alkanes) is 2. The van der Waals surface area contributed by atoms with E-state index in [1.807, 2.05) is 18.4 Å². The summed E-state index contributed by atoms with van der Waals surface area (Å²) in [6, 6.07) is 11.6. The summed E-state index contributed by atoms with van der Waals surface area (Å²) in [6.45, 7) is 8.43. The maximum absolute atomic E-state index is 13.3. The fourth-order valence-corrected chi connectivity index (χ4v) is 4.56. The van der Waals surface area contributed by atoms with Crippen LogP contribution in [0.15, 0.2) is 41.3 Å². The Morgan fingerprint density at radius 2 is 1.79 bits per heavy atom. The summed E-state index contributed by atoms with van der Waals surface area (Å²) < 4.78 is 10.6. The molecule has 0 fully saturated rings. The molecule has 1 unspecified atom stereocenters. The molecule has 0 aliphatic carbocycles. The molecule has 0 saturated heterocycles. The van der Waals surface area contributed by atoms with E-state index in [4.69, 9.17) is 9.47 Å². The number of thioether (sulfide) groups is 1. The number of hydrogen-bond donors (Lipinski definition) is 1. The van der Waals surface area contributed by atoms with E-state index < -0.39 is 5.97 Å². The molecule has 0 heterocycles. The number of anilines is 1. The van der Waals surface area contributed by atoms with Gasteiger partial charge in [-0.15, -0.1) is 11.8 Å². The number of nitrogens with one attached hydrogen (secondary N) is 1. The summed E-state index contributed by atoms with van der Waals surface area (Å²) in [5.74, 6) is 0.362. The number of carbonyl (C=O) groups excluding carboxylic acids is 2. The van der Waals surface area contributed by atoms with Crippen LogP contribution in [0.4, 0.5) is 5.69 Å². The molecule has 1 amide bonds. The van der Waals surface area contributed by atoms with Crippen molar-refractivity contribution in [2.45, 2.75) is 76.0 Å². The van der Waals surface area contributed by atoms with Crippen LogP contribution in [0.3, 0.4) is 0 Å². The maximum Gasteiger partial charge on any atom is 0.337 e. The highest BCUT2D eigenvalue weighted by atomic mass is 32.2. The third-order valence-electron chi connectivity index (χ3n) is 5.99. The molecule has 0 radical (unpaired) electrons. The van der Waals surface area contributed by atoms with Crippen molar-refractivity contribution >= 4 is 29.3 Å². The van der Waals surface area contributed by atoms with E-state index in [-0.39, 0.29) is 17.2 Å². The van der Waals surface area contributed by atoms with E-state index in [1.54, 1.807) is 31.0 Å². The van der Waals surface area contributed by atoms with Gasteiger partial charge in [0.15, 0.2) is 0 Å². The highest BCUT2D eigenvalue weighted by molar-refractivity contribution is 7.98. The van der Waals surface area contributed by atoms with E-state index in [9.17, 15) is 9.59 Å². The first-order valence-corrected chi connectivity index (χ1v) is 13.1. The van der Waals surface area contributed by atoms with Gasteiger partial charge in [0, 0.05) is 17.0 Å². The zero-order chi connectivity index (χ0) is 25.3. The largest absolute Gasteiger partial charge is 0.496 e. The lowest BCUT2D eigenvalue weighted by atomic mass is 9.85. The van der Waals surface area contributed by atoms with Crippen LogP contribution in [-0.2, 0) is 14.9 Å². The van der Waals surface area contributed by atoms with Crippen LogP contribution < -0.4 is 10.1 Å². The third kappa shape index (κ3) is 7.52. The molecule has 0 saturated carbocycles. The van der Waals surface area contributed by atoms with Crippen molar-refractivity contribution in [3.63, 3.8) is 0 Å². The lowest BCUT2D eigenvalue weighted by Gasteiger charge is -2.25. The summed E-state index contributed by atoms with van der Waals surface area (Å²) in [4.78, 5) is 26.5. The predicted molar refractivity (Wildman–Crippen MR) is 141 cm³/mol. The minimum absolute atomic E-state index is 0.0410. The van der Waals surface area contributed by atoms with Gasteiger partial charge in [0.1, 0.15) is 5.75 Å². The first-order chi connectivity index (χ1) is 16.1. The summed E-state index contributed by atoms with van der Waals surface area (Å²) >= 11 is 1.67. The van der Waals surface area contributed by atoms with E-state index >= 15 is 0 Å². The number of amides is 1. The van der Waals surface area contributed by atoms with Crippen molar-refractivity contribution in [3.8, 4) is 5.75 Å². The monoisotopic (exact) mass is 485 g/mol. The third-order valence-corrected chi connectivity index (χ3v) is 6.72. The molecule has 0 aliphatic heterocycles. The van der Waals surface area contributed by atoms with Crippen molar-refractivity contribution in [1.82, 2.24) is 0 Å². The number of carbonyl (C=O) groups is 2. The van der Waals surface area contributed by atoms with Crippen LogP contribution in [0.2, 0.25) is 0 Å². The molecule has 1 N–H and O–H groups in total. The van der Waals surface area contributed by atoms with Crippen LogP contribution in [0, 0.1) is 0 Å². The Labute approximate surface area is 209 Å². The topological polar surface area (TPSA) is 64.6 Å². The normalized spacial score (nSPS) is 12.2. The minimum atomic E-state index is -0.424. The molecule has 5 nitrogen and oxygen atoms in total. The van der Waals surface area contributed by atoms with E-state index in [0.29, 0.717) is 17.7 Å². The fraction of sp³-hybridized carbons (Fsp3) is 0.500. The molecular weight excluding hydrogens is 446 g/mol. The van der Waals surface area contributed by atoms with Crippen LogP contribution >= 0.6 is 11.8 Å². The van der Waals surface area contributed by atoms with E-state index in [2.05, 4.69) is 45.1 Å². The van der Waals surface area contributed by atoms with Crippen molar-refractivity contribution in [1.29, 1.82) is 0 Å². The van der Waals surface area contributed by atoms with Crippen LogP contribution in [0.25, 0.3) is 0 Å². The molecule has 1 atom stereocenters. The Bertz CT molecular complexity index is 981. The van der Waals surface area contributed by atoms with Gasteiger partial charge in [-0.25, -0.2) is 4.79 Å². The lowest BCUT2D eigenvalue weighted by molar-refractivity contribution is -0.116. The number of hydrogen-bond acceptors (Lipinski definition) is 5. The van der Waals surface area contributed by atoms with Crippen molar-refractivity contribution in [3.05, 3.63) is 53.1 Å². The number of ether oxygens (including phenoxy) is 2. The smallest absolute Gasteiger partial charge is 0.337 e. The lowest BCUT2D eigenvalue weighted by Crippen LogP contribution is -2.21. The molecule has 0 spiro atoms.